The molecule has 2 saturated heterocycles. The standard InChI is InChI=1S/C17H33N3O3/c1-18-6-3-5-16(15-18)17(21)20-8-4-7-19(9-10-20)11-12-23-14-13-22-2/h16H,3-15H2,1-2H3. The molecule has 0 spiro atoms. The van der Waals surface area contributed by atoms with Crippen molar-refractivity contribution in [2.45, 2.75) is 19.3 Å². The van der Waals surface area contributed by atoms with Crippen molar-refractivity contribution in [3.8, 4) is 0 Å². The highest BCUT2D eigenvalue weighted by Gasteiger charge is 2.28. The zero-order valence-corrected chi connectivity index (χ0v) is 14.8. The Morgan fingerprint density at radius 1 is 1.04 bits per heavy atom. The number of hydrogen-bond donors (Lipinski definition) is 0. The summed E-state index contributed by atoms with van der Waals surface area (Å²) < 4.78 is 10.5. The fraction of sp³-hybridized carbons (Fsp3) is 0.941. The number of ether oxygens (including phenoxy) is 2. The third-order valence-electron chi connectivity index (χ3n) is 4.86. The van der Waals surface area contributed by atoms with E-state index in [1.165, 1.54) is 0 Å². The molecule has 1 atom stereocenters. The van der Waals surface area contributed by atoms with Crippen molar-refractivity contribution in [3.05, 3.63) is 0 Å². The van der Waals surface area contributed by atoms with Crippen LogP contribution in [0.15, 0.2) is 0 Å². The summed E-state index contributed by atoms with van der Waals surface area (Å²) in [5.74, 6) is 0.576. The minimum Gasteiger partial charge on any atom is -0.382 e. The van der Waals surface area contributed by atoms with Gasteiger partial charge in [0.1, 0.15) is 0 Å². The number of piperidine rings is 1. The maximum Gasteiger partial charge on any atom is 0.227 e. The fourth-order valence-electron chi connectivity index (χ4n) is 3.48. The quantitative estimate of drug-likeness (QED) is 0.638. The third kappa shape index (κ3) is 6.37. The summed E-state index contributed by atoms with van der Waals surface area (Å²) in [7, 11) is 3.81. The Hall–Kier alpha value is -0.690. The van der Waals surface area contributed by atoms with Crippen LogP contribution in [0.3, 0.4) is 0 Å². The van der Waals surface area contributed by atoms with E-state index >= 15 is 0 Å². The first-order valence-electron chi connectivity index (χ1n) is 8.97. The molecule has 0 bridgehead atoms. The van der Waals surface area contributed by atoms with Gasteiger partial charge in [0.05, 0.1) is 25.7 Å². The van der Waals surface area contributed by atoms with E-state index in [4.69, 9.17) is 9.47 Å². The van der Waals surface area contributed by atoms with E-state index in [2.05, 4.69) is 21.7 Å². The van der Waals surface area contributed by atoms with E-state index < -0.39 is 0 Å². The van der Waals surface area contributed by atoms with E-state index in [1.54, 1.807) is 7.11 Å². The molecule has 1 unspecified atom stereocenters. The summed E-state index contributed by atoms with van der Waals surface area (Å²) in [5.41, 5.74) is 0. The second-order valence-electron chi connectivity index (χ2n) is 6.73. The van der Waals surface area contributed by atoms with Crippen molar-refractivity contribution in [2.75, 3.05) is 79.8 Å². The molecule has 2 heterocycles. The van der Waals surface area contributed by atoms with Gasteiger partial charge in [-0.1, -0.05) is 0 Å². The first-order chi connectivity index (χ1) is 11.2. The summed E-state index contributed by atoms with van der Waals surface area (Å²) in [6.45, 7) is 8.82. The summed E-state index contributed by atoms with van der Waals surface area (Å²) in [5, 5.41) is 0. The summed E-state index contributed by atoms with van der Waals surface area (Å²) in [4.78, 5) is 19.5. The molecule has 0 N–H and O–H groups in total. The van der Waals surface area contributed by atoms with Crippen molar-refractivity contribution in [1.29, 1.82) is 0 Å². The van der Waals surface area contributed by atoms with Gasteiger partial charge >= 0.3 is 0 Å². The van der Waals surface area contributed by atoms with Gasteiger partial charge in [-0.3, -0.25) is 9.69 Å². The molecule has 2 aliphatic heterocycles. The van der Waals surface area contributed by atoms with Gasteiger partial charge in [-0.2, -0.15) is 0 Å². The Kier molecular flexibility index (Phi) is 8.30. The number of carbonyl (C=O) groups is 1. The van der Waals surface area contributed by atoms with Gasteiger partial charge in [0.15, 0.2) is 0 Å². The molecule has 6 nitrogen and oxygen atoms in total. The average molecular weight is 327 g/mol. The van der Waals surface area contributed by atoms with Crippen LogP contribution in [0.4, 0.5) is 0 Å². The molecule has 134 valence electrons. The molecule has 0 aromatic carbocycles. The maximum absolute atomic E-state index is 12.7. The highest BCUT2D eigenvalue weighted by atomic mass is 16.5. The Balaban J connectivity index is 1.69. The molecular weight excluding hydrogens is 294 g/mol. The number of carbonyl (C=O) groups excluding carboxylic acids is 1. The molecule has 0 aliphatic carbocycles. The van der Waals surface area contributed by atoms with E-state index in [0.717, 1.165) is 71.7 Å². The number of amides is 1. The second-order valence-corrected chi connectivity index (χ2v) is 6.73. The molecule has 0 aromatic heterocycles. The van der Waals surface area contributed by atoms with Crippen LogP contribution in [0.2, 0.25) is 0 Å². The first kappa shape index (κ1) is 18.6. The van der Waals surface area contributed by atoms with Crippen molar-refractivity contribution in [1.82, 2.24) is 14.7 Å². The molecule has 2 rings (SSSR count). The van der Waals surface area contributed by atoms with Gasteiger partial charge in [0.2, 0.25) is 5.91 Å². The van der Waals surface area contributed by atoms with Gasteiger partial charge in [-0.25, -0.2) is 0 Å². The number of rotatable bonds is 7. The topological polar surface area (TPSA) is 45.3 Å². The number of nitrogens with zero attached hydrogens (tertiary/aromatic N) is 3. The molecule has 0 saturated carbocycles. The lowest BCUT2D eigenvalue weighted by molar-refractivity contribution is -0.137. The summed E-state index contributed by atoms with van der Waals surface area (Å²) in [6, 6.07) is 0. The molecule has 2 fully saturated rings. The summed E-state index contributed by atoms with van der Waals surface area (Å²) >= 11 is 0. The van der Waals surface area contributed by atoms with Crippen LogP contribution in [-0.2, 0) is 14.3 Å². The highest BCUT2D eigenvalue weighted by Crippen LogP contribution is 2.18. The predicted octanol–water partition coefficient (Wildman–Crippen LogP) is 0.526. The van der Waals surface area contributed by atoms with E-state index in [1.807, 2.05) is 0 Å². The highest BCUT2D eigenvalue weighted by molar-refractivity contribution is 5.79. The monoisotopic (exact) mass is 327 g/mol. The van der Waals surface area contributed by atoms with Crippen LogP contribution in [0.25, 0.3) is 0 Å². The SMILES string of the molecule is COCCOCCN1CCCN(C(=O)C2CCCN(C)C2)CC1. The van der Waals surface area contributed by atoms with Gasteiger partial charge in [0.25, 0.3) is 0 Å². The smallest absolute Gasteiger partial charge is 0.227 e. The lowest BCUT2D eigenvalue weighted by atomic mass is 9.97. The lowest BCUT2D eigenvalue weighted by Gasteiger charge is -2.32. The van der Waals surface area contributed by atoms with E-state index in [0.29, 0.717) is 19.1 Å². The van der Waals surface area contributed by atoms with Crippen LogP contribution in [0.1, 0.15) is 19.3 Å². The fourth-order valence-corrected chi connectivity index (χ4v) is 3.48. The predicted molar refractivity (Wildman–Crippen MR) is 90.6 cm³/mol. The molecule has 23 heavy (non-hydrogen) atoms. The molecule has 6 heteroatoms. The minimum absolute atomic E-state index is 0.206. The second kappa shape index (κ2) is 10.2. The van der Waals surface area contributed by atoms with E-state index in [9.17, 15) is 4.79 Å². The third-order valence-corrected chi connectivity index (χ3v) is 4.86. The van der Waals surface area contributed by atoms with Crippen LogP contribution in [0, 0.1) is 5.92 Å². The lowest BCUT2D eigenvalue weighted by Crippen LogP contribution is -2.45. The minimum atomic E-state index is 0.206. The Morgan fingerprint density at radius 2 is 1.91 bits per heavy atom. The normalized spacial score (nSPS) is 24.6. The van der Waals surface area contributed by atoms with E-state index in [-0.39, 0.29) is 5.92 Å². The van der Waals surface area contributed by atoms with Crippen molar-refractivity contribution in [2.24, 2.45) is 5.92 Å². The van der Waals surface area contributed by atoms with Crippen LogP contribution in [-0.4, -0.2) is 100 Å². The van der Waals surface area contributed by atoms with Crippen molar-refractivity contribution < 1.29 is 14.3 Å². The Labute approximate surface area is 140 Å². The molecular formula is C17H33N3O3. The Bertz CT molecular complexity index is 354. The zero-order valence-electron chi connectivity index (χ0n) is 14.8. The maximum atomic E-state index is 12.7. The molecule has 1 amide bonds. The first-order valence-corrected chi connectivity index (χ1v) is 8.97. The van der Waals surface area contributed by atoms with Crippen LogP contribution >= 0.6 is 0 Å². The molecule has 0 radical (unpaired) electrons. The van der Waals surface area contributed by atoms with Gasteiger partial charge in [-0.05, 0) is 39.4 Å². The number of methoxy groups -OCH3 is 1. The summed E-state index contributed by atoms with van der Waals surface area (Å²) in [6.07, 6.45) is 3.26. The van der Waals surface area contributed by atoms with Crippen LogP contribution < -0.4 is 0 Å². The zero-order chi connectivity index (χ0) is 16.5. The average Bonchev–Trinajstić information content (AvgIpc) is 2.80. The number of hydrogen-bond acceptors (Lipinski definition) is 5. The van der Waals surface area contributed by atoms with Gasteiger partial charge in [-0.15, -0.1) is 0 Å². The van der Waals surface area contributed by atoms with Gasteiger partial charge < -0.3 is 19.3 Å². The molecule has 2 aliphatic rings. The van der Waals surface area contributed by atoms with Crippen LogP contribution in [0.5, 0.6) is 0 Å². The Morgan fingerprint density at radius 3 is 2.70 bits per heavy atom. The van der Waals surface area contributed by atoms with Crippen molar-refractivity contribution in [3.63, 3.8) is 0 Å². The largest absolute Gasteiger partial charge is 0.382 e. The van der Waals surface area contributed by atoms with Crippen molar-refractivity contribution >= 4 is 5.91 Å². The van der Waals surface area contributed by atoms with Gasteiger partial charge in [0, 0.05) is 39.8 Å². The molecule has 0 aromatic rings. The number of likely N-dealkylation sites (tertiary alicyclic amines) is 1.